The number of carbonyl (C=O) groups excluding carboxylic acids is 1. The maximum absolute atomic E-state index is 12.1. The third kappa shape index (κ3) is 9.25. The molecule has 0 bridgehead atoms. The van der Waals surface area contributed by atoms with Crippen LogP contribution in [0, 0.1) is 11.8 Å². The van der Waals surface area contributed by atoms with Gasteiger partial charge in [-0.05, 0) is 24.7 Å². The van der Waals surface area contributed by atoms with Gasteiger partial charge < -0.3 is 10.4 Å². The monoisotopic (exact) mass is 361 g/mol. The summed E-state index contributed by atoms with van der Waals surface area (Å²) in [5.41, 5.74) is 0. The zero-order chi connectivity index (χ0) is 18.2. The molecule has 0 aromatic heterocycles. The van der Waals surface area contributed by atoms with E-state index in [0.717, 1.165) is 19.3 Å². The van der Waals surface area contributed by atoms with Crippen LogP contribution in [0.2, 0.25) is 0 Å². The van der Waals surface area contributed by atoms with Gasteiger partial charge in [-0.3, -0.25) is 9.59 Å². The van der Waals surface area contributed by atoms with Gasteiger partial charge in [-0.15, -0.1) is 0 Å². The molecule has 2 N–H and O–H groups in total. The van der Waals surface area contributed by atoms with E-state index in [-0.39, 0.29) is 24.1 Å². The molecule has 1 saturated carbocycles. The Kier molecular flexibility index (Phi) is 8.73. The Morgan fingerprint density at radius 2 is 1.79 bits per heavy atom. The minimum absolute atomic E-state index is 0.0111. The highest BCUT2D eigenvalue weighted by atomic mass is 32.2. The summed E-state index contributed by atoms with van der Waals surface area (Å²) in [4.78, 5) is 22.9. The Hall–Kier alpha value is -1.11. The van der Waals surface area contributed by atoms with Gasteiger partial charge in [0.1, 0.15) is 5.75 Å². The van der Waals surface area contributed by atoms with E-state index in [1.165, 1.54) is 19.3 Å². The Morgan fingerprint density at radius 3 is 2.33 bits per heavy atom. The van der Waals surface area contributed by atoms with Crippen LogP contribution in [0.25, 0.3) is 0 Å². The van der Waals surface area contributed by atoms with E-state index in [0.29, 0.717) is 12.3 Å². The molecule has 1 rings (SSSR count). The number of hydrogen-bond acceptors (Lipinski definition) is 4. The first-order valence-electron chi connectivity index (χ1n) is 8.89. The molecule has 0 radical (unpaired) electrons. The van der Waals surface area contributed by atoms with Crippen molar-refractivity contribution in [1.29, 1.82) is 0 Å². The molecule has 1 atom stereocenters. The van der Waals surface area contributed by atoms with Crippen LogP contribution in [-0.2, 0) is 19.4 Å². The molecule has 140 valence electrons. The Labute approximate surface area is 145 Å². The lowest BCUT2D eigenvalue weighted by Crippen LogP contribution is -2.40. The van der Waals surface area contributed by atoms with Crippen molar-refractivity contribution >= 4 is 21.7 Å². The summed E-state index contributed by atoms with van der Waals surface area (Å²) < 4.78 is 23.9. The van der Waals surface area contributed by atoms with Crippen molar-refractivity contribution in [2.45, 2.75) is 71.3 Å². The average Bonchev–Trinajstić information content (AvgIpc) is 2.43. The lowest BCUT2D eigenvalue weighted by molar-refractivity contribution is -0.137. The predicted molar refractivity (Wildman–Crippen MR) is 93.5 cm³/mol. The second-order valence-electron chi connectivity index (χ2n) is 7.39. The molecular weight excluding hydrogens is 330 g/mol. The summed E-state index contributed by atoms with van der Waals surface area (Å²) in [6.07, 6.45) is 6.85. The molecule has 7 heteroatoms. The van der Waals surface area contributed by atoms with E-state index < -0.39 is 27.5 Å². The maximum atomic E-state index is 12.1. The molecule has 1 fully saturated rings. The summed E-state index contributed by atoms with van der Waals surface area (Å²) in [6.45, 7) is 3.60. The largest absolute Gasteiger partial charge is 0.481 e. The molecule has 6 nitrogen and oxygen atoms in total. The van der Waals surface area contributed by atoms with Crippen molar-refractivity contribution < 1.29 is 23.1 Å². The number of carbonyl (C=O) groups is 2. The van der Waals surface area contributed by atoms with E-state index in [1.54, 1.807) is 13.8 Å². The highest BCUT2D eigenvalue weighted by Crippen LogP contribution is 2.28. The normalized spacial score (nSPS) is 17.6. The fourth-order valence-corrected chi connectivity index (χ4v) is 5.02. The van der Waals surface area contributed by atoms with Crippen molar-refractivity contribution in [2.24, 2.45) is 11.8 Å². The predicted octanol–water partition coefficient (Wildman–Crippen LogP) is 2.38. The number of nitrogens with one attached hydrogen (secondary N) is 1. The van der Waals surface area contributed by atoms with Crippen LogP contribution in [0.1, 0.15) is 65.2 Å². The van der Waals surface area contributed by atoms with Gasteiger partial charge in [0.2, 0.25) is 5.91 Å². The molecule has 1 aliphatic rings. The van der Waals surface area contributed by atoms with Crippen LogP contribution in [0.4, 0.5) is 0 Å². The van der Waals surface area contributed by atoms with Crippen molar-refractivity contribution in [1.82, 2.24) is 5.32 Å². The van der Waals surface area contributed by atoms with Crippen molar-refractivity contribution in [3.05, 3.63) is 0 Å². The SMILES string of the molecule is CC(C)CS(=O)(=O)CC(=O)NC(CCC(=O)O)CC1CCCCC1. The quantitative estimate of drug-likeness (QED) is 0.622. The number of carboxylic acids is 1. The van der Waals surface area contributed by atoms with Gasteiger partial charge in [0.05, 0.1) is 5.75 Å². The standard InChI is InChI=1S/C17H31NO5S/c1-13(2)11-24(22,23)12-16(19)18-15(8-9-17(20)21)10-14-6-4-3-5-7-14/h13-15H,3-12H2,1-2H3,(H,18,19)(H,20,21). The van der Waals surface area contributed by atoms with Crippen molar-refractivity contribution in [3.63, 3.8) is 0 Å². The number of amides is 1. The summed E-state index contributed by atoms with van der Waals surface area (Å²) in [6, 6.07) is -0.258. The van der Waals surface area contributed by atoms with Crippen molar-refractivity contribution in [3.8, 4) is 0 Å². The van der Waals surface area contributed by atoms with Gasteiger partial charge in [0.25, 0.3) is 0 Å². The topological polar surface area (TPSA) is 101 Å². The minimum atomic E-state index is -3.42. The first-order chi connectivity index (χ1) is 11.2. The van der Waals surface area contributed by atoms with E-state index in [4.69, 9.17) is 5.11 Å². The highest BCUT2D eigenvalue weighted by Gasteiger charge is 2.24. The summed E-state index contributed by atoms with van der Waals surface area (Å²) in [5, 5.41) is 11.6. The highest BCUT2D eigenvalue weighted by molar-refractivity contribution is 7.92. The van der Waals surface area contributed by atoms with Gasteiger partial charge in [0, 0.05) is 12.5 Å². The molecule has 0 aromatic carbocycles. The molecule has 0 heterocycles. The second kappa shape index (κ2) is 10.0. The van der Waals surface area contributed by atoms with Crippen LogP contribution in [0.3, 0.4) is 0 Å². The van der Waals surface area contributed by atoms with Crippen LogP contribution >= 0.6 is 0 Å². The molecule has 1 unspecified atom stereocenters. The second-order valence-corrected chi connectivity index (χ2v) is 9.49. The summed E-state index contributed by atoms with van der Waals surface area (Å²) in [7, 11) is -3.42. The smallest absolute Gasteiger partial charge is 0.303 e. The molecule has 0 aromatic rings. The first-order valence-corrected chi connectivity index (χ1v) is 10.7. The average molecular weight is 362 g/mol. The van der Waals surface area contributed by atoms with Gasteiger partial charge in [-0.1, -0.05) is 46.0 Å². The number of aliphatic carboxylic acids is 1. The number of sulfone groups is 1. The van der Waals surface area contributed by atoms with E-state index in [9.17, 15) is 18.0 Å². The zero-order valence-electron chi connectivity index (χ0n) is 14.8. The Bertz CT molecular complexity index is 509. The van der Waals surface area contributed by atoms with Crippen molar-refractivity contribution in [2.75, 3.05) is 11.5 Å². The van der Waals surface area contributed by atoms with Crippen LogP contribution < -0.4 is 5.32 Å². The van der Waals surface area contributed by atoms with Gasteiger partial charge in [-0.2, -0.15) is 0 Å². The van der Waals surface area contributed by atoms with Gasteiger partial charge in [-0.25, -0.2) is 8.42 Å². The first kappa shape index (κ1) is 20.9. The third-order valence-corrected chi connectivity index (χ3v) is 6.23. The number of hydrogen-bond donors (Lipinski definition) is 2. The molecule has 1 aliphatic carbocycles. The molecule has 0 spiro atoms. The number of carboxylic acid groups (broad SMARTS) is 1. The van der Waals surface area contributed by atoms with Gasteiger partial charge in [0.15, 0.2) is 9.84 Å². The van der Waals surface area contributed by atoms with E-state index in [2.05, 4.69) is 5.32 Å². The lowest BCUT2D eigenvalue weighted by Gasteiger charge is -2.27. The molecule has 0 aliphatic heterocycles. The van der Waals surface area contributed by atoms with Crippen LogP contribution in [-0.4, -0.2) is 42.9 Å². The fraction of sp³-hybridized carbons (Fsp3) is 0.882. The summed E-state index contributed by atoms with van der Waals surface area (Å²) in [5.74, 6) is -1.47. The van der Waals surface area contributed by atoms with Crippen LogP contribution in [0.15, 0.2) is 0 Å². The lowest BCUT2D eigenvalue weighted by atomic mass is 9.84. The minimum Gasteiger partial charge on any atom is -0.481 e. The van der Waals surface area contributed by atoms with Gasteiger partial charge >= 0.3 is 5.97 Å². The molecule has 0 saturated heterocycles. The molecular formula is C17H31NO5S. The molecule has 24 heavy (non-hydrogen) atoms. The van der Waals surface area contributed by atoms with E-state index >= 15 is 0 Å². The third-order valence-electron chi connectivity index (χ3n) is 4.35. The Balaban J connectivity index is 2.58. The fourth-order valence-electron chi connectivity index (χ4n) is 3.41. The maximum Gasteiger partial charge on any atom is 0.303 e. The Morgan fingerprint density at radius 1 is 1.17 bits per heavy atom. The van der Waals surface area contributed by atoms with E-state index in [1.807, 2.05) is 0 Å². The number of rotatable bonds is 10. The summed E-state index contributed by atoms with van der Waals surface area (Å²) >= 11 is 0. The van der Waals surface area contributed by atoms with Crippen LogP contribution in [0.5, 0.6) is 0 Å². The molecule has 1 amide bonds. The zero-order valence-corrected chi connectivity index (χ0v) is 15.6.